The molecule has 1 heterocycles. The van der Waals surface area contributed by atoms with Gasteiger partial charge in [-0.15, -0.1) is 0 Å². The average Bonchev–Trinajstić information content (AvgIpc) is 2.79. The number of rotatable bonds is 5. The van der Waals surface area contributed by atoms with E-state index in [0.717, 1.165) is 19.0 Å². The number of benzene rings is 1. The molecule has 0 bridgehead atoms. The van der Waals surface area contributed by atoms with Gasteiger partial charge >= 0.3 is 0 Å². The minimum Gasteiger partial charge on any atom is -0.316 e. The van der Waals surface area contributed by atoms with E-state index in [-0.39, 0.29) is 0 Å². The number of likely N-dealkylation sites (tertiary alicyclic amines) is 1. The number of nitrogens with zero attached hydrogens (tertiary/aromatic N) is 1. The van der Waals surface area contributed by atoms with Gasteiger partial charge in [-0.05, 0) is 31.0 Å². The van der Waals surface area contributed by atoms with Crippen molar-refractivity contribution in [3.8, 4) is 0 Å². The van der Waals surface area contributed by atoms with Crippen molar-refractivity contribution in [3.05, 3.63) is 35.9 Å². The lowest BCUT2D eigenvalue weighted by molar-refractivity contribution is 0.333. The minimum absolute atomic E-state index is 0.753. The largest absolute Gasteiger partial charge is 0.316 e. The summed E-state index contributed by atoms with van der Waals surface area (Å²) in [7, 11) is 0. The molecule has 1 saturated heterocycles. The van der Waals surface area contributed by atoms with Crippen LogP contribution in [0, 0.1) is 0 Å². The minimum atomic E-state index is 0.753. The summed E-state index contributed by atoms with van der Waals surface area (Å²) in [6, 6.07) is 10.9. The zero-order valence-electron chi connectivity index (χ0n) is 10.2. The van der Waals surface area contributed by atoms with Gasteiger partial charge in [0.1, 0.15) is 0 Å². The van der Waals surface area contributed by atoms with E-state index in [4.69, 9.17) is 0 Å². The lowest BCUT2D eigenvalue weighted by Crippen LogP contribution is -2.30. The van der Waals surface area contributed by atoms with E-state index in [9.17, 15) is 0 Å². The van der Waals surface area contributed by atoms with E-state index in [2.05, 4.69) is 47.5 Å². The molecule has 0 radical (unpaired) electrons. The van der Waals surface area contributed by atoms with Crippen LogP contribution in [0.4, 0.5) is 0 Å². The molecule has 2 heteroatoms. The summed E-state index contributed by atoms with van der Waals surface area (Å²) in [5.41, 5.74) is 1.51. The Morgan fingerprint density at radius 1 is 1.31 bits per heavy atom. The lowest BCUT2D eigenvalue weighted by Gasteiger charge is -2.16. The molecule has 0 spiro atoms. The molecule has 1 unspecified atom stereocenters. The fourth-order valence-corrected chi connectivity index (χ4v) is 2.45. The summed E-state index contributed by atoms with van der Waals surface area (Å²) in [5.74, 6) is 0.753. The summed E-state index contributed by atoms with van der Waals surface area (Å²) in [6.45, 7) is 8.04. The molecular formula is C14H22N2. The van der Waals surface area contributed by atoms with E-state index in [1.165, 1.54) is 31.6 Å². The molecule has 1 atom stereocenters. The van der Waals surface area contributed by atoms with Gasteiger partial charge in [0.05, 0.1) is 0 Å². The first-order valence-electron chi connectivity index (χ1n) is 6.38. The highest BCUT2D eigenvalue weighted by atomic mass is 15.2. The molecular weight excluding hydrogens is 196 g/mol. The Balaban J connectivity index is 1.79. The summed E-state index contributed by atoms with van der Waals surface area (Å²) >= 11 is 0. The molecule has 16 heavy (non-hydrogen) atoms. The van der Waals surface area contributed by atoms with Crippen LogP contribution in [0.2, 0.25) is 0 Å². The average molecular weight is 218 g/mol. The molecule has 0 amide bonds. The van der Waals surface area contributed by atoms with Crippen molar-refractivity contribution in [3.63, 3.8) is 0 Å². The van der Waals surface area contributed by atoms with Crippen LogP contribution in [-0.4, -0.2) is 37.6 Å². The van der Waals surface area contributed by atoms with Gasteiger partial charge in [-0.25, -0.2) is 0 Å². The predicted octanol–water partition coefficient (Wildman–Crippen LogP) is 2.09. The third-order valence-electron chi connectivity index (χ3n) is 3.40. The van der Waals surface area contributed by atoms with Gasteiger partial charge in [0.2, 0.25) is 0 Å². The molecule has 2 rings (SSSR count). The molecule has 1 aliphatic rings. The highest BCUT2D eigenvalue weighted by Crippen LogP contribution is 2.26. The van der Waals surface area contributed by atoms with Gasteiger partial charge in [-0.3, -0.25) is 0 Å². The Hall–Kier alpha value is -0.860. The van der Waals surface area contributed by atoms with E-state index in [1.54, 1.807) is 0 Å². The highest BCUT2D eigenvalue weighted by molar-refractivity contribution is 5.20. The van der Waals surface area contributed by atoms with E-state index >= 15 is 0 Å². The molecule has 0 aliphatic carbocycles. The van der Waals surface area contributed by atoms with Crippen molar-refractivity contribution >= 4 is 0 Å². The second kappa shape index (κ2) is 6.02. The Morgan fingerprint density at radius 3 is 2.88 bits per heavy atom. The van der Waals surface area contributed by atoms with Crippen molar-refractivity contribution in [2.24, 2.45) is 0 Å². The molecule has 1 N–H and O–H groups in total. The fraction of sp³-hybridized carbons (Fsp3) is 0.571. The van der Waals surface area contributed by atoms with Gasteiger partial charge in [-0.1, -0.05) is 37.3 Å². The standard InChI is InChI=1S/C14H22N2/c1-2-15-9-11-16-10-8-14(12-16)13-6-4-3-5-7-13/h3-7,14-15H,2,8-12H2,1H3. The maximum Gasteiger partial charge on any atom is 0.0107 e. The molecule has 1 aromatic carbocycles. The van der Waals surface area contributed by atoms with Crippen LogP contribution >= 0.6 is 0 Å². The lowest BCUT2D eigenvalue weighted by atomic mass is 9.99. The first-order chi connectivity index (χ1) is 7.90. The number of hydrogen-bond acceptors (Lipinski definition) is 2. The van der Waals surface area contributed by atoms with Gasteiger partial charge in [-0.2, -0.15) is 0 Å². The van der Waals surface area contributed by atoms with Gasteiger partial charge in [0.15, 0.2) is 0 Å². The third kappa shape index (κ3) is 3.06. The van der Waals surface area contributed by atoms with Crippen LogP contribution in [-0.2, 0) is 0 Å². The Bertz CT molecular complexity index is 297. The summed E-state index contributed by atoms with van der Waals surface area (Å²) in [5, 5.41) is 3.39. The second-order valence-electron chi connectivity index (χ2n) is 4.55. The van der Waals surface area contributed by atoms with Gasteiger partial charge in [0.25, 0.3) is 0 Å². The summed E-state index contributed by atoms with van der Waals surface area (Å²) in [4.78, 5) is 2.57. The normalized spacial score (nSPS) is 21.4. The van der Waals surface area contributed by atoms with Crippen LogP contribution in [0.15, 0.2) is 30.3 Å². The molecule has 1 aliphatic heterocycles. The van der Waals surface area contributed by atoms with E-state index < -0.39 is 0 Å². The maximum atomic E-state index is 3.39. The smallest absolute Gasteiger partial charge is 0.0107 e. The molecule has 88 valence electrons. The second-order valence-corrected chi connectivity index (χ2v) is 4.55. The fourth-order valence-electron chi connectivity index (χ4n) is 2.45. The van der Waals surface area contributed by atoms with Crippen molar-refractivity contribution in [2.45, 2.75) is 19.3 Å². The van der Waals surface area contributed by atoms with Crippen LogP contribution in [0.5, 0.6) is 0 Å². The Morgan fingerprint density at radius 2 is 2.12 bits per heavy atom. The summed E-state index contributed by atoms with van der Waals surface area (Å²) in [6.07, 6.45) is 1.32. The molecule has 2 nitrogen and oxygen atoms in total. The molecule has 1 fully saturated rings. The van der Waals surface area contributed by atoms with Crippen molar-refractivity contribution in [2.75, 3.05) is 32.7 Å². The van der Waals surface area contributed by atoms with Crippen molar-refractivity contribution < 1.29 is 0 Å². The van der Waals surface area contributed by atoms with E-state index in [1.807, 2.05) is 0 Å². The first-order valence-corrected chi connectivity index (χ1v) is 6.38. The topological polar surface area (TPSA) is 15.3 Å². The van der Waals surface area contributed by atoms with Gasteiger partial charge < -0.3 is 10.2 Å². The monoisotopic (exact) mass is 218 g/mol. The van der Waals surface area contributed by atoms with Crippen LogP contribution in [0.1, 0.15) is 24.8 Å². The number of nitrogens with one attached hydrogen (secondary N) is 1. The molecule has 1 aromatic rings. The van der Waals surface area contributed by atoms with Crippen LogP contribution in [0.25, 0.3) is 0 Å². The molecule has 0 saturated carbocycles. The van der Waals surface area contributed by atoms with Crippen molar-refractivity contribution in [1.82, 2.24) is 10.2 Å². The molecule has 0 aromatic heterocycles. The predicted molar refractivity (Wildman–Crippen MR) is 68.8 cm³/mol. The zero-order valence-corrected chi connectivity index (χ0v) is 10.2. The number of likely N-dealkylation sites (N-methyl/N-ethyl adjacent to an activating group) is 1. The Kier molecular flexibility index (Phi) is 4.37. The van der Waals surface area contributed by atoms with Crippen molar-refractivity contribution in [1.29, 1.82) is 0 Å². The first kappa shape index (κ1) is 11.6. The Labute approximate surface area is 98.7 Å². The SMILES string of the molecule is CCNCCN1CCC(c2ccccc2)C1. The maximum absolute atomic E-state index is 3.39. The van der Waals surface area contributed by atoms with E-state index in [0.29, 0.717) is 0 Å². The summed E-state index contributed by atoms with van der Waals surface area (Å²) < 4.78 is 0. The zero-order chi connectivity index (χ0) is 11.2. The quantitative estimate of drug-likeness (QED) is 0.761. The number of hydrogen-bond donors (Lipinski definition) is 1. The third-order valence-corrected chi connectivity index (χ3v) is 3.40. The van der Waals surface area contributed by atoms with Gasteiger partial charge in [0, 0.05) is 19.6 Å². The van der Waals surface area contributed by atoms with Crippen LogP contribution < -0.4 is 5.32 Å². The highest BCUT2D eigenvalue weighted by Gasteiger charge is 2.22. The van der Waals surface area contributed by atoms with Crippen LogP contribution in [0.3, 0.4) is 0 Å².